The molecule has 2 nitrogen and oxygen atoms in total. The van der Waals surface area contributed by atoms with Gasteiger partial charge in [0.25, 0.3) is 0 Å². The van der Waals surface area contributed by atoms with Gasteiger partial charge in [0.05, 0.1) is 0 Å². The second-order valence-electron chi connectivity index (χ2n) is 5.91. The van der Waals surface area contributed by atoms with Gasteiger partial charge in [-0.15, -0.1) is 0 Å². The van der Waals surface area contributed by atoms with Crippen molar-refractivity contribution in [2.75, 3.05) is 6.54 Å². The third kappa shape index (κ3) is 2.76. The number of aryl methyl sites for hydroxylation is 2. The molecule has 1 heterocycles. The molecule has 1 aliphatic heterocycles. The van der Waals surface area contributed by atoms with Gasteiger partial charge in [-0.3, -0.25) is 4.90 Å². The molecule has 3 unspecified atom stereocenters. The number of nitrogens with two attached hydrogens (primary N) is 1. The fourth-order valence-corrected chi connectivity index (χ4v) is 3.28. The first kappa shape index (κ1) is 13.6. The molecule has 2 heteroatoms. The number of likely N-dealkylation sites (tertiary alicyclic amines) is 1. The van der Waals surface area contributed by atoms with Crippen molar-refractivity contribution in [2.45, 2.75) is 58.7 Å². The van der Waals surface area contributed by atoms with Crippen LogP contribution in [-0.4, -0.2) is 23.5 Å². The lowest BCUT2D eigenvalue weighted by Gasteiger charge is -2.41. The van der Waals surface area contributed by atoms with Gasteiger partial charge in [-0.1, -0.05) is 23.8 Å². The van der Waals surface area contributed by atoms with Gasteiger partial charge in [0.1, 0.15) is 0 Å². The molecule has 0 spiro atoms. The quantitative estimate of drug-likeness (QED) is 0.868. The van der Waals surface area contributed by atoms with E-state index in [1.807, 2.05) is 0 Å². The van der Waals surface area contributed by atoms with Crippen LogP contribution >= 0.6 is 0 Å². The van der Waals surface area contributed by atoms with Crippen LogP contribution in [-0.2, 0) is 0 Å². The second-order valence-corrected chi connectivity index (χ2v) is 5.91. The predicted octanol–water partition coefficient (Wildman–Crippen LogP) is 3.18. The average molecular weight is 246 g/mol. The number of benzene rings is 1. The lowest BCUT2D eigenvalue weighted by molar-refractivity contribution is 0.104. The fourth-order valence-electron chi connectivity index (χ4n) is 3.28. The topological polar surface area (TPSA) is 29.3 Å². The van der Waals surface area contributed by atoms with Crippen molar-refractivity contribution in [3.63, 3.8) is 0 Å². The summed E-state index contributed by atoms with van der Waals surface area (Å²) in [5, 5.41) is 0. The molecule has 0 saturated carbocycles. The Labute approximate surface area is 111 Å². The molecule has 0 amide bonds. The van der Waals surface area contributed by atoms with Crippen molar-refractivity contribution in [1.29, 1.82) is 0 Å². The van der Waals surface area contributed by atoms with Gasteiger partial charge >= 0.3 is 0 Å². The molecule has 2 N–H and O–H groups in total. The minimum Gasteiger partial charge on any atom is -0.328 e. The molecule has 1 saturated heterocycles. The highest BCUT2D eigenvalue weighted by atomic mass is 15.2. The van der Waals surface area contributed by atoms with Gasteiger partial charge in [-0.05, 0) is 51.7 Å². The lowest BCUT2D eigenvalue weighted by atomic mass is 9.93. The van der Waals surface area contributed by atoms with E-state index in [1.54, 1.807) is 0 Å². The van der Waals surface area contributed by atoms with Gasteiger partial charge in [-0.2, -0.15) is 0 Å². The van der Waals surface area contributed by atoms with Crippen molar-refractivity contribution >= 4 is 0 Å². The maximum Gasteiger partial charge on any atom is 0.0325 e. The molecule has 1 fully saturated rings. The molecule has 1 aliphatic rings. The molecule has 0 aromatic heterocycles. The summed E-state index contributed by atoms with van der Waals surface area (Å²) >= 11 is 0. The second kappa shape index (κ2) is 5.41. The van der Waals surface area contributed by atoms with Crippen LogP contribution in [0.5, 0.6) is 0 Å². The number of nitrogens with zero attached hydrogens (tertiary/aromatic N) is 1. The Morgan fingerprint density at radius 3 is 2.67 bits per heavy atom. The number of piperidine rings is 1. The minimum atomic E-state index is 0.391. The normalized spacial score (nSPS) is 27.2. The summed E-state index contributed by atoms with van der Waals surface area (Å²) in [6, 6.07) is 8.27. The average Bonchev–Trinajstić information content (AvgIpc) is 2.28. The number of hydrogen-bond acceptors (Lipinski definition) is 2. The zero-order chi connectivity index (χ0) is 13.3. The number of hydrogen-bond donors (Lipinski definition) is 1. The minimum absolute atomic E-state index is 0.391. The Morgan fingerprint density at radius 2 is 2.06 bits per heavy atom. The summed E-state index contributed by atoms with van der Waals surface area (Å²) in [5.74, 6) is 0. The molecule has 1 aromatic carbocycles. The SMILES string of the molecule is Cc1ccc(C(C)N2CCC(N)CC2C)c(C)c1. The van der Waals surface area contributed by atoms with Crippen LogP contribution in [0.2, 0.25) is 0 Å². The van der Waals surface area contributed by atoms with E-state index >= 15 is 0 Å². The first-order valence-electron chi connectivity index (χ1n) is 7.07. The van der Waals surface area contributed by atoms with Crippen LogP contribution < -0.4 is 5.73 Å². The molecular formula is C16H26N2. The summed E-state index contributed by atoms with van der Waals surface area (Å²) in [4.78, 5) is 2.60. The van der Waals surface area contributed by atoms with Crippen molar-refractivity contribution in [3.8, 4) is 0 Å². The zero-order valence-corrected chi connectivity index (χ0v) is 12.1. The first-order chi connectivity index (χ1) is 8.49. The van der Waals surface area contributed by atoms with Crippen LogP contribution in [0, 0.1) is 13.8 Å². The lowest BCUT2D eigenvalue weighted by Crippen LogP contribution is -2.46. The Hall–Kier alpha value is -0.860. The Morgan fingerprint density at radius 1 is 1.33 bits per heavy atom. The van der Waals surface area contributed by atoms with Crippen molar-refractivity contribution in [1.82, 2.24) is 4.90 Å². The van der Waals surface area contributed by atoms with Crippen LogP contribution in [0.15, 0.2) is 18.2 Å². The van der Waals surface area contributed by atoms with Crippen LogP contribution in [0.1, 0.15) is 49.4 Å². The van der Waals surface area contributed by atoms with Crippen molar-refractivity contribution in [3.05, 3.63) is 34.9 Å². The standard InChI is InChI=1S/C16H26N2/c1-11-5-6-16(12(2)9-11)14(4)18-8-7-15(17)10-13(18)3/h5-6,9,13-15H,7-8,10,17H2,1-4H3. The van der Waals surface area contributed by atoms with E-state index in [9.17, 15) is 0 Å². The zero-order valence-electron chi connectivity index (χ0n) is 12.1. The monoisotopic (exact) mass is 246 g/mol. The molecule has 2 rings (SSSR count). The molecule has 1 aromatic rings. The molecule has 0 bridgehead atoms. The van der Waals surface area contributed by atoms with Gasteiger partial charge in [0.2, 0.25) is 0 Å². The van der Waals surface area contributed by atoms with Gasteiger partial charge in [0, 0.05) is 24.7 Å². The largest absolute Gasteiger partial charge is 0.328 e. The van der Waals surface area contributed by atoms with E-state index < -0.39 is 0 Å². The Bertz CT molecular complexity index is 414. The smallest absolute Gasteiger partial charge is 0.0325 e. The van der Waals surface area contributed by atoms with Gasteiger partial charge in [0.15, 0.2) is 0 Å². The highest BCUT2D eigenvalue weighted by molar-refractivity contribution is 5.32. The van der Waals surface area contributed by atoms with E-state index in [-0.39, 0.29) is 0 Å². The third-order valence-electron chi connectivity index (χ3n) is 4.34. The Balaban J connectivity index is 2.17. The number of rotatable bonds is 2. The van der Waals surface area contributed by atoms with Crippen molar-refractivity contribution < 1.29 is 0 Å². The van der Waals surface area contributed by atoms with E-state index in [0.717, 1.165) is 19.4 Å². The summed E-state index contributed by atoms with van der Waals surface area (Å²) in [6.07, 6.45) is 2.24. The van der Waals surface area contributed by atoms with Gasteiger partial charge < -0.3 is 5.73 Å². The molecular weight excluding hydrogens is 220 g/mol. The molecule has 0 radical (unpaired) electrons. The summed E-state index contributed by atoms with van der Waals surface area (Å²) in [6.45, 7) is 10.1. The maximum absolute atomic E-state index is 6.05. The van der Waals surface area contributed by atoms with Crippen LogP contribution in [0.25, 0.3) is 0 Å². The Kier molecular flexibility index (Phi) is 4.08. The van der Waals surface area contributed by atoms with E-state index in [4.69, 9.17) is 5.73 Å². The summed E-state index contributed by atoms with van der Waals surface area (Å²) in [5.41, 5.74) is 10.3. The third-order valence-corrected chi connectivity index (χ3v) is 4.34. The maximum atomic E-state index is 6.05. The fraction of sp³-hybridized carbons (Fsp3) is 0.625. The summed E-state index contributed by atoms with van der Waals surface area (Å²) in [7, 11) is 0. The van der Waals surface area contributed by atoms with E-state index in [0.29, 0.717) is 18.1 Å². The summed E-state index contributed by atoms with van der Waals surface area (Å²) < 4.78 is 0. The van der Waals surface area contributed by atoms with Crippen LogP contribution in [0.4, 0.5) is 0 Å². The predicted molar refractivity (Wildman–Crippen MR) is 77.7 cm³/mol. The van der Waals surface area contributed by atoms with E-state index in [1.165, 1.54) is 16.7 Å². The highest BCUT2D eigenvalue weighted by Gasteiger charge is 2.27. The molecule has 0 aliphatic carbocycles. The molecule has 18 heavy (non-hydrogen) atoms. The highest BCUT2D eigenvalue weighted by Crippen LogP contribution is 2.29. The van der Waals surface area contributed by atoms with E-state index in [2.05, 4.69) is 50.8 Å². The molecule has 3 atom stereocenters. The van der Waals surface area contributed by atoms with Gasteiger partial charge in [-0.25, -0.2) is 0 Å². The first-order valence-corrected chi connectivity index (χ1v) is 7.07. The van der Waals surface area contributed by atoms with Crippen molar-refractivity contribution in [2.24, 2.45) is 5.73 Å². The van der Waals surface area contributed by atoms with Crippen LogP contribution in [0.3, 0.4) is 0 Å². The molecule has 100 valence electrons.